The lowest BCUT2D eigenvalue weighted by molar-refractivity contribution is 0.251. The van der Waals surface area contributed by atoms with Crippen molar-refractivity contribution in [2.45, 2.75) is 26.3 Å². The summed E-state index contributed by atoms with van der Waals surface area (Å²) in [6.07, 6.45) is 0. The van der Waals surface area contributed by atoms with Gasteiger partial charge in [0.25, 0.3) is 0 Å². The summed E-state index contributed by atoms with van der Waals surface area (Å²) in [7, 11) is 0. The topological polar surface area (TPSA) is 67.2 Å². The Morgan fingerprint density at radius 1 is 1.14 bits per heavy atom. The Morgan fingerprint density at radius 3 is 2.48 bits per heavy atom. The summed E-state index contributed by atoms with van der Waals surface area (Å²) in [6, 6.07) is 15.1. The zero-order valence-corrected chi connectivity index (χ0v) is 12.4. The molecule has 2 rings (SSSR count). The number of rotatable bonds is 4. The third-order valence-corrected chi connectivity index (χ3v) is 3.24. The zero-order valence-electron chi connectivity index (χ0n) is 12.4. The number of nitrogens with two attached hydrogens (primary N) is 1. The summed E-state index contributed by atoms with van der Waals surface area (Å²) in [6.45, 7) is 4.81. The van der Waals surface area contributed by atoms with Gasteiger partial charge in [0.2, 0.25) is 0 Å². The minimum absolute atomic E-state index is 0.242. The molecule has 0 unspecified atom stereocenters. The van der Waals surface area contributed by atoms with Gasteiger partial charge in [-0.05, 0) is 35.2 Å². The fourth-order valence-corrected chi connectivity index (χ4v) is 1.99. The number of benzene rings is 2. The lowest BCUT2D eigenvalue weighted by atomic mass is 10.0. The van der Waals surface area contributed by atoms with Crippen molar-refractivity contribution in [1.29, 1.82) is 0 Å². The van der Waals surface area contributed by atoms with Crippen molar-refractivity contribution in [3.8, 4) is 0 Å². The molecule has 0 atom stereocenters. The Labute approximate surface area is 125 Å². The van der Waals surface area contributed by atoms with E-state index >= 15 is 0 Å². The smallest absolute Gasteiger partial charge is 0.319 e. The average Bonchev–Trinajstić information content (AvgIpc) is 2.45. The summed E-state index contributed by atoms with van der Waals surface area (Å²) in [5, 5.41) is 5.58. The number of nitrogen functional groups attached to an aromatic ring is 1. The first kappa shape index (κ1) is 14.9. The molecule has 2 aromatic carbocycles. The first-order valence-corrected chi connectivity index (χ1v) is 7.04. The van der Waals surface area contributed by atoms with Gasteiger partial charge < -0.3 is 16.4 Å². The molecule has 4 N–H and O–H groups in total. The maximum Gasteiger partial charge on any atom is 0.319 e. The monoisotopic (exact) mass is 283 g/mol. The number of carbonyl (C=O) groups is 1. The Balaban J connectivity index is 1.86. The Bertz CT molecular complexity index is 606. The molecule has 0 aliphatic heterocycles. The van der Waals surface area contributed by atoms with Gasteiger partial charge in [-0.25, -0.2) is 4.79 Å². The molecule has 0 spiro atoms. The van der Waals surface area contributed by atoms with E-state index in [-0.39, 0.29) is 6.03 Å². The molecular weight excluding hydrogens is 262 g/mol. The van der Waals surface area contributed by atoms with Crippen LogP contribution < -0.4 is 16.4 Å². The van der Waals surface area contributed by atoms with Gasteiger partial charge >= 0.3 is 6.03 Å². The van der Waals surface area contributed by atoms with E-state index < -0.39 is 0 Å². The first-order valence-electron chi connectivity index (χ1n) is 7.04. The van der Waals surface area contributed by atoms with Crippen LogP contribution in [-0.2, 0) is 6.54 Å². The number of hydrogen-bond donors (Lipinski definition) is 3. The van der Waals surface area contributed by atoms with Gasteiger partial charge in [0.05, 0.1) is 0 Å². The minimum atomic E-state index is -0.242. The summed E-state index contributed by atoms with van der Waals surface area (Å²) in [5.41, 5.74) is 9.34. The second-order valence-electron chi connectivity index (χ2n) is 5.33. The van der Waals surface area contributed by atoms with Crippen molar-refractivity contribution in [3.05, 3.63) is 59.7 Å². The van der Waals surface area contributed by atoms with Crippen LogP contribution in [0.5, 0.6) is 0 Å². The molecule has 2 amide bonds. The molecule has 0 saturated carbocycles. The quantitative estimate of drug-likeness (QED) is 0.749. The van der Waals surface area contributed by atoms with E-state index in [1.807, 2.05) is 12.1 Å². The van der Waals surface area contributed by atoms with Crippen LogP contribution in [0, 0.1) is 0 Å². The molecule has 110 valence electrons. The van der Waals surface area contributed by atoms with E-state index in [0.29, 0.717) is 23.8 Å². The predicted octanol–water partition coefficient (Wildman–Crippen LogP) is 3.71. The van der Waals surface area contributed by atoms with Gasteiger partial charge in [0.15, 0.2) is 0 Å². The molecule has 0 aliphatic rings. The second kappa shape index (κ2) is 6.79. The van der Waals surface area contributed by atoms with Gasteiger partial charge in [-0.15, -0.1) is 0 Å². The highest BCUT2D eigenvalue weighted by Gasteiger charge is 2.03. The van der Waals surface area contributed by atoms with Crippen LogP contribution in [0.25, 0.3) is 0 Å². The zero-order chi connectivity index (χ0) is 15.2. The van der Waals surface area contributed by atoms with Crippen molar-refractivity contribution in [3.63, 3.8) is 0 Å². The number of carbonyl (C=O) groups excluding carboxylic acids is 1. The SMILES string of the molecule is CC(C)c1ccc(CNC(=O)Nc2cccc(N)c2)cc1. The number of hydrogen-bond acceptors (Lipinski definition) is 2. The largest absolute Gasteiger partial charge is 0.399 e. The molecule has 2 aromatic rings. The van der Waals surface area contributed by atoms with Gasteiger partial charge in [-0.3, -0.25) is 0 Å². The molecule has 0 bridgehead atoms. The molecule has 0 aromatic heterocycles. The number of nitrogens with one attached hydrogen (secondary N) is 2. The molecule has 0 fully saturated rings. The lowest BCUT2D eigenvalue weighted by Crippen LogP contribution is -2.28. The van der Waals surface area contributed by atoms with Crippen molar-refractivity contribution < 1.29 is 4.79 Å². The van der Waals surface area contributed by atoms with E-state index in [9.17, 15) is 4.79 Å². The van der Waals surface area contributed by atoms with E-state index in [0.717, 1.165) is 5.56 Å². The highest BCUT2D eigenvalue weighted by atomic mass is 16.2. The van der Waals surface area contributed by atoms with E-state index in [2.05, 4.69) is 36.6 Å². The Morgan fingerprint density at radius 2 is 1.86 bits per heavy atom. The van der Waals surface area contributed by atoms with Crippen molar-refractivity contribution in [2.75, 3.05) is 11.1 Å². The molecule has 0 aliphatic carbocycles. The van der Waals surface area contributed by atoms with Crippen LogP contribution in [0.15, 0.2) is 48.5 Å². The van der Waals surface area contributed by atoms with Crippen LogP contribution in [-0.4, -0.2) is 6.03 Å². The van der Waals surface area contributed by atoms with Gasteiger partial charge in [-0.1, -0.05) is 44.2 Å². The summed E-state index contributed by atoms with van der Waals surface area (Å²) < 4.78 is 0. The third kappa shape index (κ3) is 4.53. The third-order valence-electron chi connectivity index (χ3n) is 3.24. The Kier molecular flexibility index (Phi) is 4.82. The highest BCUT2D eigenvalue weighted by molar-refractivity contribution is 5.89. The summed E-state index contributed by atoms with van der Waals surface area (Å²) in [5.74, 6) is 0.513. The maximum absolute atomic E-state index is 11.8. The van der Waals surface area contributed by atoms with Gasteiger partial charge in [0, 0.05) is 17.9 Å². The minimum Gasteiger partial charge on any atom is -0.399 e. The standard InChI is InChI=1S/C17H21N3O/c1-12(2)14-8-6-13(7-9-14)11-19-17(21)20-16-5-3-4-15(18)10-16/h3-10,12H,11,18H2,1-2H3,(H2,19,20,21). The molecule has 21 heavy (non-hydrogen) atoms. The highest BCUT2D eigenvalue weighted by Crippen LogP contribution is 2.15. The summed E-state index contributed by atoms with van der Waals surface area (Å²) in [4.78, 5) is 11.8. The number of urea groups is 1. The first-order chi connectivity index (χ1) is 10.0. The summed E-state index contributed by atoms with van der Waals surface area (Å²) >= 11 is 0. The van der Waals surface area contributed by atoms with Crippen molar-refractivity contribution in [2.24, 2.45) is 0 Å². The average molecular weight is 283 g/mol. The Hall–Kier alpha value is -2.49. The van der Waals surface area contributed by atoms with E-state index in [1.165, 1.54) is 5.56 Å². The van der Waals surface area contributed by atoms with Gasteiger partial charge in [-0.2, -0.15) is 0 Å². The lowest BCUT2D eigenvalue weighted by Gasteiger charge is -2.09. The second-order valence-corrected chi connectivity index (χ2v) is 5.33. The van der Waals surface area contributed by atoms with Crippen LogP contribution >= 0.6 is 0 Å². The van der Waals surface area contributed by atoms with E-state index in [1.54, 1.807) is 24.3 Å². The number of anilines is 2. The van der Waals surface area contributed by atoms with E-state index in [4.69, 9.17) is 5.73 Å². The molecular formula is C17H21N3O. The van der Waals surface area contributed by atoms with Crippen LogP contribution in [0.3, 0.4) is 0 Å². The molecule has 0 radical (unpaired) electrons. The molecule has 4 nitrogen and oxygen atoms in total. The van der Waals surface area contributed by atoms with Crippen LogP contribution in [0.4, 0.5) is 16.2 Å². The normalized spacial score (nSPS) is 10.4. The predicted molar refractivity (Wildman–Crippen MR) is 87.2 cm³/mol. The fourth-order valence-electron chi connectivity index (χ4n) is 1.99. The molecule has 0 heterocycles. The van der Waals surface area contributed by atoms with Crippen LogP contribution in [0.2, 0.25) is 0 Å². The molecule has 0 saturated heterocycles. The van der Waals surface area contributed by atoms with Crippen molar-refractivity contribution in [1.82, 2.24) is 5.32 Å². The molecule has 4 heteroatoms. The van der Waals surface area contributed by atoms with Crippen LogP contribution in [0.1, 0.15) is 30.9 Å². The van der Waals surface area contributed by atoms with Gasteiger partial charge in [0.1, 0.15) is 0 Å². The number of amides is 2. The van der Waals surface area contributed by atoms with Crippen molar-refractivity contribution >= 4 is 17.4 Å². The fraction of sp³-hybridized carbons (Fsp3) is 0.235. The maximum atomic E-state index is 11.8.